The highest BCUT2D eigenvalue weighted by Gasteiger charge is 2.46. The molecule has 0 radical (unpaired) electrons. The van der Waals surface area contributed by atoms with Crippen LogP contribution in [0.5, 0.6) is 5.75 Å². The zero-order valence-electron chi connectivity index (χ0n) is 13.1. The molecular weight excluding hydrogens is 323 g/mol. The van der Waals surface area contributed by atoms with Crippen LogP contribution < -0.4 is 10.1 Å². The van der Waals surface area contributed by atoms with Crippen LogP contribution in [0.4, 0.5) is 18.9 Å². The number of halogens is 3. The van der Waals surface area contributed by atoms with Gasteiger partial charge in [-0.1, -0.05) is 18.2 Å². The number of aromatic nitrogens is 2. The largest absolute Gasteiger partial charge is 0.573 e. The molecular formula is C16H16F3N3O2. The zero-order valence-corrected chi connectivity index (χ0v) is 13.1. The number of para-hydroxylation sites is 1. The number of H-pyrrole nitrogens is 1. The Balaban J connectivity index is 1.72. The Morgan fingerprint density at radius 3 is 2.67 bits per heavy atom. The lowest BCUT2D eigenvalue weighted by Gasteiger charge is -2.13. The number of rotatable bonds is 4. The summed E-state index contributed by atoms with van der Waals surface area (Å²) in [5, 5.41) is 9.56. The lowest BCUT2D eigenvalue weighted by atomic mass is 10.1. The first kappa shape index (κ1) is 16.4. The molecule has 0 spiro atoms. The summed E-state index contributed by atoms with van der Waals surface area (Å²) in [5.41, 5.74) is 2.42. The third-order valence-corrected chi connectivity index (χ3v) is 4.05. The van der Waals surface area contributed by atoms with Crippen LogP contribution in [0.25, 0.3) is 0 Å². The van der Waals surface area contributed by atoms with E-state index in [2.05, 4.69) is 20.3 Å². The Bertz CT molecular complexity index is 751. The first-order valence-electron chi connectivity index (χ1n) is 7.43. The highest BCUT2D eigenvalue weighted by Crippen LogP contribution is 2.51. The second-order valence-corrected chi connectivity index (χ2v) is 5.83. The lowest BCUT2D eigenvalue weighted by Crippen LogP contribution is -2.18. The topological polar surface area (TPSA) is 67.0 Å². The molecule has 0 aliphatic heterocycles. The van der Waals surface area contributed by atoms with Crippen LogP contribution in [0.3, 0.4) is 0 Å². The predicted octanol–water partition coefficient (Wildman–Crippen LogP) is 3.67. The van der Waals surface area contributed by atoms with Crippen molar-refractivity contribution in [2.75, 3.05) is 5.32 Å². The van der Waals surface area contributed by atoms with Crippen LogP contribution in [-0.4, -0.2) is 22.5 Å². The predicted molar refractivity (Wildman–Crippen MR) is 80.7 cm³/mol. The van der Waals surface area contributed by atoms with E-state index in [1.165, 1.54) is 12.1 Å². The van der Waals surface area contributed by atoms with Gasteiger partial charge in [-0.15, -0.1) is 13.2 Å². The van der Waals surface area contributed by atoms with Crippen LogP contribution in [0.2, 0.25) is 0 Å². The number of benzene rings is 1. The molecule has 1 aliphatic rings. The highest BCUT2D eigenvalue weighted by atomic mass is 19.4. The van der Waals surface area contributed by atoms with Crippen LogP contribution in [0, 0.1) is 19.8 Å². The van der Waals surface area contributed by atoms with E-state index in [0.717, 1.165) is 5.69 Å². The van der Waals surface area contributed by atoms with E-state index in [9.17, 15) is 18.0 Å². The van der Waals surface area contributed by atoms with Gasteiger partial charge in [-0.2, -0.15) is 5.10 Å². The van der Waals surface area contributed by atoms with E-state index < -0.39 is 6.36 Å². The average Bonchev–Trinajstić information content (AvgIpc) is 3.23. The first-order valence-corrected chi connectivity index (χ1v) is 7.43. The monoisotopic (exact) mass is 339 g/mol. The van der Waals surface area contributed by atoms with Gasteiger partial charge in [0.25, 0.3) is 0 Å². The van der Waals surface area contributed by atoms with Gasteiger partial charge < -0.3 is 10.1 Å². The molecule has 1 amide bonds. The quantitative estimate of drug-likeness (QED) is 0.893. The van der Waals surface area contributed by atoms with Crippen molar-refractivity contribution in [2.45, 2.75) is 32.5 Å². The van der Waals surface area contributed by atoms with Gasteiger partial charge in [-0.3, -0.25) is 9.89 Å². The van der Waals surface area contributed by atoms with Crippen molar-refractivity contribution in [3.05, 3.63) is 41.2 Å². The molecule has 128 valence electrons. The Morgan fingerprint density at radius 1 is 1.33 bits per heavy atom. The third-order valence-electron chi connectivity index (χ3n) is 4.05. The van der Waals surface area contributed by atoms with E-state index >= 15 is 0 Å². The Hall–Kier alpha value is -2.51. The number of alkyl halides is 3. The molecule has 0 bridgehead atoms. The van der Waals surface area contributed by atoms with Gasteiger partial charge in [-0.05, 0) is 37.8 Å². The summed E-state index contributed by atoms with van der Waals surface area (Å²) in [7, 11) is 0. The van der Waals surface area contributed by atoms with Crippen molar-refractivity contribution in [3.8, 4) is 5.75 Å². The summed E-state index contributed by atoms with van der Waals surface area (Å²) in [6, 6.07) is 5.93. The van der Waals surface area contributed by atoms with Crippen molar-refractivity contribution in [1.29, 1.82) is 0 Å². The number of hydrogen-bond donors (Lipinski definition) is 2. The van der Waals surface area contributed by atoms with E-state index in [0.29, 0.717) is 23.4 Å². The number of anilines is 1. The fourth-order valence-electron chi connectivity index (χ4n) is 2.78. The molecule has 1 aromatic heterocycles. The highest BCUT2D eigenvalue weighted by molar-refractivity contribution is 5.96. The summed E-state index contributed by atoms with van der Waals surface area (Å²) >= 11 is 0. The summed E-state index contributed by atoms with van der Waals surface area (Å²) in [4.78, 5) is 12.3. The number of amides is 1. The van der Waals surface area contributed by atoms with Crippen molar-refractivity contribution in [1.82, 2.24) is 10.2 Å². The number of aromatic amines is 1. The maximum atomic E-state index is 12.5. The van der Waals surface area contributed by atoms with Gasteiger partial charge in [0.2, 0.25) is 5.91 Å². The Morgan fingerprint density at radius 2 is 2.04 bits per heavy atom. The summed E-state index contributed by atoms with van der Waals surface area (Å²) in [6.45, 7) is 3.54. The molecule has 0 saturated heterocycles. The van der Waals surface area contributed by atoms with Gasteiger partial charge in [0, 0.05) is 5.92 Å². The minimum absolute atomic E-state index is 0.227. The second-order valence-electron chi connectivity index (χ2n) is 5.83. The molecule has 3 rings (SSSR count). The Labute approximate surface area is 136 Å². The molecule has 2 N–H and O–H groups in total. The maximum Gasteiger partial charge on any atom is 0.573 e. The Kier molecular flexibility index (Phi) is 3.98. The second kappa shape index (κ2) is 5.85. The number of nitrogens with zero attached hydrogens (tertiary/aromatic N) is 1. The van der Waals surface area contributed by atoms with E-state index in [1.807, 2.05) is 0 Å². The molecule has 1 fully saturated rings. The maximum absolute atomic E-state index is 12.5. The number of ether oxygens (including phenoxy) is 1. The molecule has 8 heteroatoms. The molecule has 1 aromatic carbocycles. The van der Waals surface area contributed by atoms with Gasteiger partial charge >= 0.3 is 6.36 Å². The number of aryl methyl sites for hydroxylation is 2. The van der Waals surface area contributed by atoms with Crippen molar-refractivity contribution in [2.24, 2.45) is 5.92 Å². The van der Waals surface area contributed by atoms with Crippen LogP contribution >= 0.6 is 0 Å². The van der Waals surface area contributed by atoms with Crippen LogP contribution in [-0.2, 0) is 4.79 Å². The summed E-state index contributed by atoms with van der Waals surface area (Å²) < 4.78 is 41.5. The first-order chi connectivity index (χ1) is 11.3. The summed E-state index contributed by atoms with van der Waals surface area (Å²) in [6.07, 6.45) is -4.27. The average molecular weight is 339 g/mol. The van der Waals surface area contributed by atoms with E-state index in [-0.39, 0.29) is 23.5 Å². The third kappa shape index (κ3) is 3.37. The van der Waals surface area contributed by atoms with E-state index in [4.69, 9.17) is 0 Å². The van der Waals surface area contributed by atoms with Gasteiger partial charge in [0.05, 0.1) is 17.1 Å². The normalized spacial score (nSPS) is 19.9. The van der Waals surface area contributed by atoms with Crippen molar-refractivity contribution >= 4 is 11.6 Å². The smallest absolute Gasteiger partial charge is 0.405 e. The lowest BCUT2D eigenvalue weighted by molar-refractivity contribution is -0.274. The molecule has 2 atom stereocenters. The fourth-order valence-corrected chi connectivity index (χ4v) is 2.78. The molecule has 1 saturated carbocycles. The number of carbonyl (C=O) groups excluding carboxylic acids is 1. The molecule has 2 aromatic rings. The van der Waals surface area contributed by atoms with Gasteiger partial charge in [0.1, 0.15) is 5.75 Å². The van der Waals surface area contributed by atoms with Crippen molar-refractivity contribution < 1.29 is 22.7 Å². The molecule has 0 unspecified atom stereocenters. The number of carbonyl (C=O) groups is 1. The van der Waals surface area contributed by atoms with E-state index in [1.54, 1.807) is 26.0 Å². The van der Waals surface area contributed by atoms with Crippen LogP contribution in [0.1, 0.15) is 29.3 Å². The fraction of sp³-hybridized carbons (Fsp3) is 0.375. The zero-order chi connectivity index (χ0) is 17.5. The van der Waals surface area contributed by atoms with Gasteiger partial charge in [-0.25, -0.2) is 0 Å². The number of hydrogen-bond acceptors (Lipinski definition) is 3. The number of nitrogens with one attached hydrogen (secondary N) is 2. The standard InChI is InChI=1S/C16H16F3N3O2/c1-8-14(9(2)22-21-8)20-15(23)12-7-11(12)10-5-3-4-6-13(10)24-16(17,18)19/h3-6,11-12H,7H2,1-2H3,(H,20,23)(H,21,22)/t11-,12-/m1/s1. The molecule has 1 heterocycles. The van der Waals surface area contributed by atoms with Crippen LogP contribution in [0.15, 0.2) is 24.3 Å². The van der Waals surface area contributed by atoms with Gasteiger partial charge in [0.15, 0.2) is 0 Å². The molecule has 5 nitrogen and oxygen atoms in total. The minimum atomic E-state index is -4.76. The minimum Gasteiger partial charge on any atom is -0.405 e. The molecule has 24 heavy (non-hydrogen) atoms. The van der Waals surface area contributed by atoms with Crippen molar-refractivity contribution in [3.63, 3.8) is 0 Å². The molecule has 1 aliphatic carbocycles. The summed E-state index contributed by atoms with van der Waals surface area (Å²) in [5.74, 6) is -1.14. The SMILES string of the molecule is Cc1n[nH]c(C)c1NC(=O)[C@@H]1C[C@@H]1c1ccccc1OC(F)(F)F.